The Morgan fingerprint density at radius 1 is 1.08 bits per heavy atom. The number of halogens is 1. The third-order valence-corrected chi connectivity index (χ3v) is 6.37. The normalized spacial score (nSPS) is 11.2. The van der Waals surface area contributed by atoms with Gasteiger partial charge in [-0.1, -0.05) is 18.2 Å². The molecule has 0 fully saturated rings. The highest BCUT2D eigenvalue weighted by atomic mass is 79.9. The number of rotatable bonds is 10. The fraction of sp³-hybridized carbons (Fsp3) is 0.0909. The largest absolute Gasteiger partial charge is 0.490 e. The summed E-state index contributed by atoms with van der Waals surface area (Å²) < 4.78 is 36.4. The smallest absolute Gasteiger partial charge is 0.339 e. The molecule has 0 spiro atoms. The van der Waals surface area contributed by atoms with Crippen molar-refractivity contribution in [2.24, 2.45) is 5.10 Å². The maximum absolute atomic E-state index is 12.8. The zero-order valence-corrected chi connectivity index (χ0v) is 21.3. The van der Waals surface area contributed by atoms with E-state index in [0.717, 1.165) is 18.2 Å². The van der Waals surface area contributed by atoms with Crippen LogP contribution in [0.3, 0.4) is 0 Å². The second-order valence-corrected chi connectivity index (χ2v) is 9.43. The van der Waals surface area contributed by atoms with Gasteiger partial charge in [-0.05, 0) is 52.7 Å². The monoisotopic (exact) mass is 592 g/mol. The Labute approximate surface area is 218 Å². The van der Waals surface area contributed by atoms with E-state index < -0.39 is 36.5 Å². The molecule has 0 aliphatic carbocycles. The summed E-state index contributed by atoms with van der Waals surface area (Å²) in [5.41, 5.74) is 1.54. The molecular formula is C22H17BrN4O9S. The van der Waals surface area contributed by atoms with Crippen molar-refractivity contribution in [2.75, 3.05) is 6.61 Å². The van der Waals surface area contributed by atoms with Gasteiger partial charge in [0, 0.05) is 18.2 Å². The van der Waals surface area contributed by atoms with Gasteiger partial charge in [-0.15, -0.1) is 0 Å². The molecule has 15 heteroatoms. The van der Waals surface area contributed by atoms with E-state index in [-0.39, 0.29) is 33.8 Å². The number of non-ortho nitro benzene ring substituents is 1. The fourth-order valence-electron chi connectivity index (χ4n) is 2.97. The molecule has 0 radical (unpaired) electrons. The summed E-state index contributed by atoms with van der Waals surface area (Å²) in [7, 11) is -4.48. The predicted octanol–water partition coefficient (Wildman–Crippen LogP) is 4.20. The molecule has 0 aliphatic heterocycles. The number of amides is 1. The molecule has 3 aromatic rings. The van der Waals surface area contributed by atoms with Crippen LogP contribution < -0.4 is 14.3 Å². The Bertz CT molecular complexity index is 1510. The van der Waals surface area contributed by atoms with E-state index >= 15 is 0 Å². The van der Waals surface area contributed by atoms with Crippen molar-refractivity contribution >= 4 is 49.5 Å². The van der Waals surface area contributed by atoms with Gasteiger partial charge in [0.25, 0.3) is 17.3 Å². The van der Waals surface area contributed by atoms with Crippen LogP contribution in [0.15, 0.2) is 75.1 Å². The number of hydrogen-bond donors (Lipinski definition) is 1. The maximum Gasteiger partial charge on any atom is 0.339 e. The molecule has 1 amide bonds. The Hall–Kier alpha value is -4.37. The highest BCUT2D eigenvalue weighted by Crippen LogP contribution is 2.38. The van der Waals surface area contributed by atoms with Gasteiger partial charge in [-0.3, -0.25) is 25.0 Å². The molecule has 0 atom stereocenters. The van der Waals surface area contributed by atoms with Crippen LogP contribution in [0.25, 0.3) is 0 Å². The van der Waals surface area contributed by atoms with Crippen molar-refractivity contribution in [3.63, 3.8) is 0 Å². The minimum absolute atomic E-state index is 0.00245. The number of ether oxygens (including phenoxy) is 1. The third kappa shape index (κ3) is 6.65. The van der Waals surface area contributed by atoms with E-state index in [0.29, 0.717) is 5.56 Å². The zero-order chi connectivity index (χ0) is 27.2. The first-order valence-electron chi connectivity index (χ1n) is 10.3. The lowest BCUT2D eigenvalue weighted by Gasteiger charge is -2.14. The summed E-state index contributed by atoms with van der Waals surface area (Å²) in [5, 5.41) is 25.9. The summed E-state index contributed by atoms with van der Waals surface area (Å²) in [6.45, 7) is 1.79. The lowest BCUT2D eigenvalue weighted by molar-refractivity contribution is -0.385. The number of carbonyl (C=O) groups excluding carboxylic acids is 1. The number of hydrazone groups is 1. The van der Waals surface area contributed by atoms with Gasteiger partial charge in [-0.25, -0.2) is 5.43 Å². The number of hydrogen-bond acceptors (Lipinski definition) is 10. The third-order valence-electron chi connectivity index (χ3n) is 4.57. The SMILES string of the molecule is CCOc1cc(/C=N\NC(=O)c2ccccc2[N+](=O)[O-])cc(Br)c1OS(=O)(=O)c1cccc([N+](=O)[O-])c1. The van der Waals surface area contributed by atoms with Crippen LogP contribution >= 0.6 is 15.9 Å². The van der Waals surface area contributed by atoms with Crippen molar-refractivity contribution in [2.45, 2.75) is 11.8 Å². The molecule has 0 saturated carbocycles. The van der Waals surface area contributed by atoms with E-state index in [9.17, 15) is 33.4 Å². The van der Waals surface area contributed by atoms with Crippen LogP contribution in [0.5, 0.6) is 11.5 Å². The quantitative estimate of drug-likeness (QED) is 0.156. The molecule has 3 aromatic carbocycles. The van der Waals surface area contributed by atoms with Crippen LogP contribution in [0, 0.1) is 20.2 Å². The predicted molar refractivity (Wildman–Crippen MR) is 134 cm³/mol. The molecule has 0 bridgehead atoms. The number of benzene rings is 3. The lowest BCUT2D eigenvalue weighted by Crippen LogP contribution is -2.19. The van der Waals surface area contributed by atoms with Crippen LogP contribution in [-0.4, -0.2) is 37.0 Å². The molecule has 0 aromatic heterocycles. The van der Waals surface area contributed by atoms with Crippen LogP contribution in [0.1, 0.15) is 22.8 Å². The summed E-state index contributed by atoms with van der Waals surface area (Å²) in [5.74, 6) is -1.03. The number of nitrogens with zero attached hydrogens (tertiary/aromatic N) is 3. The second kappa shape index (κ2) is 11.6. The van der Waals surface area contributed by atoms with Crippen molar-refractivity contribution in [1.29, 1.82) is 0 Å². The fourth-order valence-corrected chi connectivity index (χ4v) is 4.61. The number of nitro benzene ring substituents is 2. The molecular weight excluding hydrogens is 576 g/mol. The summed E-state index contributed by atoms with van der Waals surface area (Å²) in [6.07, 6.45) is 1.21. The van der Waals surface area contributed by atoms with E-state index in [1.165, 1.54) is 48.7 Å². The number of nitro groups is 2. The first-order valence-corrected chi connectivity index (χ1v) is 12.5. The molecule has 0 heterocycles. The molecule has 1 N–H and O–H groups in total. The van der Waals surface area contributed by atoms with E-state index in [4.69, 9.17) is 8.92 Å². The molecule has 0 saturated heterocycles. The molecule has 37 heavy (non-hydrogen) atoms. The summed E-state index contributed by atoms with van der Waals surface area (Å²) in [6, 6.07) is 12.5. The van der Waals surface area contributed by atoms with Crippen molar-refractivity contribution in [3.05, 3.63) is 96.5 Å². The molecule has 0 aliphatic rings. The molecule has 3 rings (SSSR count). The van der Waals surface area contributed by atoms with Gasteiger partial charge in [0.15, 0.2) is 11.5 Å². The van der Waals surface area contributed by atoms with E-state index in [2.05, 4.69) is 26.5 Å². The summed E-state index contributed by atoms with van der Waals surface area (Å²) >= 11 is 3.21. The number of carbonyl (C=O) groups is 1. The molecule has 13 nitrogen and oxygen atoms in total. The van der Waals surface area contributed by atoms with Gasteiger partial charge < -0.3 is 8.92 Å². The van der Waals surface area contributed by atoms with Gasteiger partial charge >= 0.3 is 10.1 Å². The van der Waals surface area contributed by atoms with Gasteiger partial charge in [-0.2, -0.15) is 13.5 Å². The molecule has 0 unspecified atom stereocenters. The average Bonchev–Trinajstić information content (AvgIpc) is 2.86. The molecule has 192 valence electrons. The minimum atomic E-state index is -4.48. The highest BCUT2D eigenvalue weighted by Gasteiger charge is 2.24. The van der Waals surface area contributed by atoms with Gasteiger partial charge in [0.05, 0.1) is 27.1 Å². The number of para-hydroxylation sites is 1. The van der Waals surface area contributed by atoms with Crippen molar-refractivity contribution in [1.82, 2.24) is 5.43 Å². The van der Waals surface area contributed by atoms with Gasteiger partial charge in [0.1, 0.15) is 10.5 Å². The Balaban J connectivity index is 1.86. The average molecular weight is 593 g/mol. The maximum atomic E-state index is 12.8. The van der Waals surface area contributed by atoms with Crippen molar-refractivity contribution in [3.8, 4) is 11.5 Å². The Morgan fingerprint density at radius 2 is 1.81 bits per heavy atom. The van der Waals surface area contributed by atoms with Crippen molar-refractivity contribution < 1.29 is 32.0 Å². The Kier molecular flexibility index (Phi) is 8.52. The minimum Gasteiger partial charge on any atom is -0.490 e. The zero-order valence-electron chi connectivity index (χ0n) is 18.9. The van der Waals surface area contributed by atoms with E-state index in [1.807, 2.05) is 0 Å². The topological polar surface area (TPSA) is 180 Å². The standard InChI is InChI=1S/C22H17BrN4O9S/c1-2-35-20-11-14(13-24-25-22(28)17-8-3-4-9-19(17)27(31)32)10-18(23)21(20)36-37(33,34)16-7-5-6-15(12-16)26(29)30/h3-13H,2H2,1H3,(H,25,28)/b24-13-. The lowest BCUT2D eigenvalue weighted by atomic mass is 10.2. The first kappa shape index (κ1) is 27.2. The highest BCUT2D eigenvalue weighted by molar-refractivity contribution is 9.10. The first-order chi connectivity index (χ1) is 17.5. The van der Waals surface area contributed by atoms with E-state index in [1.54, 1.807) is 6.92 Å². The second-order valence-electron chi connectivity index (χ2n) is 7.03. The van der Waals surface area contributed by atoms with Crippen LogP contribution in [0.2, 0.25) is 0 Å². The number of nitrogens with one attached hydrogen (secondary N) is 1. The van der Waals surface area contributed by atoms with Crippen LogP contribution in [0.4, 0.5) is 11.4 Å². The summed E-state index contributed by atoms with van der Waals surface area (Å²) in [4.78, 5) is 32.6. The van der Waals surface area contributed by atoms with Gasteiger partial charge in [0.2, 0.25) is 0 Å². The van der Waals surface area contributed by atoms with Crippen LogP contribution in [-0.2, 0) is 10.1 Å². The Morgan fingerprint density at radius 3 is 2.49 bits per heavy atom.